The van der Waals surface area contributed by atoms with Gasteiger partial charge < -0.3 is 15.2 Å². The lowest BCUT2D eigenvalue weighted by molar-refractivity contribution is -0.384. The Balaban J connectivity index is 2.22. The van der Waals surface area contributed by atoms with Gasteiger partial charge in [0.25, 0.3) is 5.69 Å². The molecule has 0 unspecified atom stereocenters. The molecule has 1 aliphatic heterocycles. The van der Waals surface area contributed by atoms with Crippen LogP contribution in [-0.4, -0.2) is 43.0 Å². The molecule has 0 amide bonds. The highest BCUT2D eigenvalue weighted by atomic mass is 16.6. The van der Waals surface area contributed by atoms with Gasteiger partial charge in [0.05, 0.1) is 10.6 Å². The number of likely N-dealkylation sites (tertiary alicyclic amines) is 1. The van der Waals surface area contributed by atoms with E-state index >= 15 is 0 Å². The molecule has 1 fully saturated rings. The largest absolute Gasteiger partial charge is 0.371 e. The van der Waals surface area contributed by atoms with Crippen molar-refractivity contribution in [2.45, 2.75) is 18.9 Å². The van der Waals surface area contributed by atoms with Crippen LogP contribution in [0.25, 0.3) is 0 Å². The van der Waals surface area contributed by atoms with Gasteiger partial charge in [-0.1, -0.05) is 0 Å². The van der Waals surface area contributed by atoms with E-state index in [9.17, 15) is 10.1 Å². The minimum Gasteiger partial charge on any atom is -0.371 e. The van der Waals surface area contributed by atoms with E-state index in [1.54, 1.807) is 6.07 Å². The maximum atomic E-state index is 11.0. The number of nitrogens with two attached hydrogens (primary N) is 1. The number of nitro benzene ring substituents is 1. The van der Waals surface area contributed by atoms with Crippen molar-refractivity contribution in [2.75, 3.05) is 37.5 Å². The predicted molar refractivity (Wildman–Crippen MR) is 79.8 cm³/mol. The fraction of sp³-hybridized carbons (Fsp3) is 0.538. The Morgan fingerprint density at radius 1 is 1.40 bits per heavy atom. The minimum absolute atomic E-state index is 0.0511. The zero-order valence-electron chi connectivity index (χ0n) is 11.9. The summed E-state index contributed by atoms with van der Waals surface area (Å²) in [6.45, 7) is 2.10. The first-order valence-electron chi connectivity index (χ1n) is 6.68. The Bertz CT molecular complexity index is 486. The van der Waals surface area contributed by atoms with Gasteiger partial charge in [0, 0.05) is 30.9 Å². The summed E-state index contributed by atoms with van der Waals surface area (Å²) in [4.78, 5) is 15.0. The van der Waals surface area contributed by atoms with Crippen LogP contribution < -0.4 is 16.2 Å². The molecule has 1 aliphatic rings. The highest BCUT2D eigenvalue weighted by Gasteiger charge is 2.22. The molecule has 3 N–H and O–H groups in total. The monoisotopic (exact) mass is 279 g/mol. The van der Waals surface area contributed by atoms with Gasteiger partial charge in [-0.2, -0.15) is 0 Å². The molecule has 110 valence electrons. The molecular formula is C13H21N5O2. The Hall–Kier alpha value is -1.86. The summed E-state index contributed by atoms with van der Waals surface area (Å²) in [7, 11) is 4.09. The van der Waals surface area contributed by atoms with Crippen molar-refractivity contribution >= 4 is 17.1 Å². The van der Waals surface area contributed by atoms with Crippen LogP contribution in [0.2, 0.25) is 0 Å². The summed E-state index contributed by atoms with van der Waals surface area (Å²) in [5.74, 6) is 5.39. The Labute approximate surface area is 118 Å². The van der Waals surface area contributed by atoms with Crippen molar-refractivity contribution in [2.24, 2.45) is 5.84 Å². The molecule has 0 saturated carbocycles. The number of nitro groups is 1. The molecule has 1 saturated heterocycles. The molecule has 0 aromatic heterocycles. The minimum atomic E-state index is -0.396. The topological polar surface area (TPSA) is 87.7 Å². The van der Waals surface area contributed by atoms with E-state index in [1.807, 2.05) is 13.1 Å². The van der Waals surface area contributed by atoms with Gasteiger partial charge in [-0.05, 0) is 39.0 Å². The number of rotatable bonds is 4. The summed E-state index contributed by atoms with van der Waals surface area (Å²) in [6, 6.07) is 5.27. The maximum absolute atomic E-state index is 11.0. The number of nitrogens with zero attached hydrogens (tertiary/aromatic N) is 3. The van der Waals surface area contributed by atoms with E-state index in [4.69, 9.17) is 5.84 Å². The molecule has 0 spiro atoms. The van der Waals surface area contributed by atoms with Crippen molar-refractivity contribution in [1.29, 1.82) is 0 Å². The van der Waals surface area contributed by atoms with Crippen LogP contribution in [0.4, 0.5) is 17.1 Å². The number of non-ortho nitro benzene ring substituents is 1. The number of hydrazine groups is 1. The number of piperidine rings is 1. The number of nitrogens with one attached hydrogen (secondary N) is 1. The van der Waals surface area contributed by atoms with Crippen molar-refractivity contribution < 1.29 is 4.92 Å². The van der Waals surface area contributed by atoms with E-state index in [0.29, 0.717) is 11.7 Å². The Morgan fingerprint density at radius 3 is 2.60 bits per heavy atom. The summed E-state index contributed by atoms with van der Waals surface area (Å²) >= 11 is 0. The third kappa shape index (κ3) is 3.17. The molecule has 0 bridgehead atoms. The van der Waals surface area contributed by atoms with E-state index in [0.717, 1.165) is 31.6 Å². The van der Waals surface area contributed by atoms with E-state index in [1.165, 1.54) is 6.07 Å². The van der Waals surface area contributed by atoms with Crippen molar-refractivity contribution in [3.05, 3.63) is 28.3 Å². The number of hydrogen-bond donors (Lipinski definition) is 2. The van der Waals surface area contributed by atoms with E-state index in [-0.39, 0.29) is 5.69 Å². The Kier molecular flexibility index (Phi) is 4.41. The normalized spacial score (nSPS) is 16.9. The number of nitrogen functional groups attached to an aromatic ring is 1. The molecule has 1 aromatic rings. The van der Waals surface area contributed by atoms with Gasteiger partial charge in [0.15, 0.2) is 0 Å². The average molecular weight is 279 g/mol. The first kappa shape index (κ1) is 14.5. The fourth-order valence-corrected chi connectivity index (χ4v) is 2.58. The van der Waals surface area contributed by atoms with E-state index < -0.39 is 4.92 Å². The van der Waals surface area contributed by atoms with Crippen LogP contribution in [0.5, 0.6) is 0 Å². The van der Waals surface area contributed by atoms with Crippen LogP contribution in [0.3, 0.4) is 0 Å². The van der Waals surface area contributed by atoms with Gasteiger partial charge in [-0.25, -0.2) is 0 Å². The maximum Gasteiger partial charge on any atom is 0.273 e. The van der Waals surface area contributed by atoms with E-state index in [2.05, 4.69) is 22.3 Å². The van der Waals surface area contributed by atoms with Crippen LogP contribution in [0, 0.1) is 10.1 Å². The van der Waals surface area contributed by atoms with Crippen molar-refractivity contribution in [3.63, 3.8) is 0 Å². The first-order chi connectivity index (χ1) is 9.51. The summed E-state index contributed by atoms with van der Waals surface area (Å²) < 4.78 is 0. The summed E-state index contributed by atoms with van der Waals surface area (Å²) in [5, 5.41) is 11.0. The number of hydrogen-bond acceptors (Lipinski definition) is 6. The molecule has 2 rings (SSSR count). The number of anilines is 2. The van der Waals surface area contributed by atoms with Crippen molar-refractivity contribution in [1.82, 2.24) is 4.90 Å². The molecular weight excluding hydrogens is 258 g/mol. The lowest BCUT2D eigenvalue weighted by atomic mass is 10.0. The van der Waals surface area contributed by atoms with Crippen molar-refractivity contribution in [3.8, 4) is 0 Å². The highest BCUT2D eigenvalue weighted by Crippen LogP contribution is 2.29. The second kappa shape index (κ2) is 6.06. The van der Waals surface area contributed by atoms with Gasteiger partial charge in [-0.3, -0.25) is 16.0 Å². The lowest BCUT2D eigenvalue weighted by Crippen LogP contribution is -2.42. The third-order valence-corrected chi connectivity index (χ3v) is 3.92. The standard InChI is InChI=1S/C13H21N5O2/c1-16-5-3-11(4-6-16)17(2)12-7-10(15-14)8-13(9-12)18(19)20/h7-9,11,15H,3-6,14H2,1-2H3. The molecule has 0 radical (unpaired) electrons. The van der Waals surface area contributed by atoms with Crippen LogP contribution in [-0.2, 0) is 0 Å². The lowest BCUT2D eigenvalue weighted by Gasteiger charge is -2.36. The Morgan fingerprint density at radius 2 is 2.05 bits per heavy atom. The average Bonchev–Trinajstić information content (AvgIpc) is 2.46. The SMILES string of the molecule is CN1CCC(N(C)c2cc(NN)cc([N+](=O)[O-])c2)CC1. The smallest absolute Gasteiger partial charge is 0.273 e. The van der Waals surface area contributed by atoms with Gasteiger partial charge in [0.1, 0.15) is 0 Å². The fourth-order valence-electron chi connectivity index (χ4n) is 2.58. The molecule has 7 heteroatoms. The molecule has 1 aromatic carbocycles. The first-order valence-corrected chi connectivity index (χ1v) is 6.68. The zero-order chi connectivity index (χ0) is 14.7. The quantitative estimate of drug-likeness (QED) is 0.492. The number of benzene rings is 1. The van der Waals surface area contributed by atoms with Gasteiger partial charge in [0.2, 0.25) is 0 Å². The van der Waals surface area contributed by atoms with Crippen LogP contribution >= 0.6 is 0 Å². The second-order valence-electron chi connectivity index (χ2n) is 5.28. The highest BCUT2D eigenvalue weighted by molar-refractivity contribution is 5.64. The molecule has 7 nitrogen and oxygen atoms in total. The van der Waals surface area contributed by atoms with Gasteiger partial charge in [-0.15, -0.1) is 0 Å². The molecule has 20 heavy (non-hydrogen) atoms. The molecule has 0 aliphatic carbocycles. The van der Waals surface area contributed by atoms with Gasteiger partial charge >= 0.3 is 0 Å². The summed E-state index contributed by atoms with van der Waals surface area (Å²) in [6.07, 6.45) is 2.11. The third-order valence-electron chi connectivity index (χ3n) is 3.92. The second-order valence-corrected chi connectivity index (χ2v) is 5.28. The zero-order valence-corrected chi connectivity index (χ0v) is 11.9. The molecule has 1 heterocycles. The summed E-state index contributed by atoms with van der Waals surface area (Å²) in [5.41, 5.74) is 3.91. The predicted octanol–water partition coefficient (Wildman–Crippen LogP) is 1.41. The van der Waals surface area contributed by atoms with Crippen LogP contribution in [0.1, 0.15) is 12.8 Å². The van der Waals surface area contributed by atoms with Crippen LogP contribution in [0.15, 0.2) is 18.2 Å². The molecule has 0 atom stereocenters.